The molecule has 0 aliphatic heterocycles. The fourth-order valence-electron chi connectivity index (χ4n) is 3.91. The molecule has 4 aromatic rings. The molecule has 0 spiro atoms. The molecule has 2 nitrogen and oxygen atoms in total. The second-order valence-corrected chi connectivity index (χ2v) is 7.25. The van der Waals surface area contributed by atoms with Gasteiger partial charge in [-0.05, 0) is 29.5 Å². The monoisotopic (exact) mass is 386 g/mol. The van der Waals surface area contributed by atoms with Gasteiger partial charge in [0, 0.05) is 12.1 Å². The summed E-state index contributed by atoms with van der Waals surface area (Å²) in [7, 11) is 0. The van der Waals surface area contributed by atoms with Gasteiger partial charge in [0.1, 0.15) is 5.54 Å². The van der Waals surface area contributed by atoms with E-state index in [0.29, 0.717) is 5.88 Å². The molecular weight excluding hydrogens is 364 g/mol. The maximum Gasteiger partial charge on any atom is 0.121 e. The zero-order valence-corrected chi connectivity index (χ0v) is 16.5. The summed E-state index contributed by atoms with van der Waals surface area (Å²) in [6, 6.07) is 31.9. The topological polar surface area (TPSA) is 17.8 Å². The van der Waals surface area contributed by atoms with E-state index < -0.39 is 5.54 Å². The summed E-state index contributed by atoms with van der Waals surface area (Å²) in [6.07, 6.45) is 5.93. The van der Waals surface area contributed by atoms with Crippen LogP contribution in [0.3, 0.4) is 0 Å². The predicted molar refractivity (Wildman–Crippen MR) is 116 cm³/mol. The predicted octanol–water partition coefficient (Wildman–Crippen LogP) is 5.89. The van der Waals surface area contributed by atoms with Crippen LogP contribution in [0.5, 0.6) is 0 Å². The van der Waals surface area contributed by atoms with Gasteiger partial charge in [-0.3, -0.25) is 0 Å². The lowest BCUT2D eigenvalue weighted by molar-refractivity contribution is 0.514. The lowest BCUT2D eigenvalue weighted by Crippen LogP contribution is -2.36. The Kier molecular flexibility index (Phi) is 5.59. The molecule has 0 bridgehead atoms. The Labute approximate surface area is 171 Å². The minimum Gasteiger partial charge on any atom is -0.319 e. The summed E-state index contributed by atoms with van der Waals surface area (Å²) in [5, 5.41) is 0. The molecule has 3 aromatic carbocycles. The van der Waals surface area contributed by atoms with E-state index >= 15 is 0 Å². The third kappa shape index (κ3) is 3.36. The van der Waals surface area contributed by atoms with Crippen LogP contribution in [0, 0.1) is 0 Å². The Balaban J connectivity index is 2.00. The first-order valence-corrected chi connectivity index (χ1v) is 10.1. The van der Waals surface area contributed by atoms with Crippen LogP contribution in [0.2, 0.25) is 0 Å². The standard InChI is InChI=1S/C25H23ClN2/c26-18-10-17-24-19-28(20-27-24)25(21-11-4-1-5-12-21,22-13-6-2-7-14-22)23-15-8-3-9-16-23/h1-9,11-16,19-20H,10,17-18H2. The number of aryl methyl sites for hydroxylation is 1. The highest BCUT2D eigenvalue weighted by Crippen LogP contribution is 2.40. The molecule has 28 heavy (non-hydrogen) atoms. The van der Waals surface area contributed by atoms with Crippen LogP contribution >= 0.6 is 11.6 Å². The Morgan fingerprint density at radius 2 is 1.18 bits per heavy atom. The Bertz CT molecular complexity index is 898. The summed E-state index contributed by atoms with van der Waals surface area (Å²) in [5.74, 6) is 0.647. The molecule has 0 aliphatic rings. The second-order valence-electron chi connectivity index (χ2n) is 6.87. The van der Waals surface area contributed by atoms with E-state index in [4.69, 9.17) is 16.6 Å². The molecule has 0 radical (unpaired) electrons. The minimum atomic E-state index is -0.490. The van der Waals surface area contributed by atoms with Crippen molar-refractivity contribution in [3.8, 4) is 0 Å². The first-order valence-electron chi connectivity index (χ1n) is 9.61. The maximum absolute atomic E-state index is 5.90. The van der Waals surface area contributed by atoms with Crippen molar-refractivity contribution in [2.24, 2.45) is 0 Å². The average Bonchev–Trinajstić information content (AvgIpc) is 3.24. The van der Waals surface area contributed by atoms with E-state index in [9.17, 15) is 0 Å². The Morgan fingerprint density at radius 3 is 1.61 bits per heavy atom. The largest absolute Gasteiger partial charge is 0.319 e. The van der Waals surface area contributed by atoms with Gasteiger partial charge in [-0.25, -0.2) is 4.98 Å². The number of alkyl halides is 1. The lowest BCUT2D eigenvalue weighted by atomic mass is 9.77. The molecule has 0 unspecified atom stereocenters. The number of rotatable bonds is 7. The number of hydrogen-bond acceptors (Lipinski definition) is 1. The van der Waals surface area contributed by atoms with Crippen LogP contribution in [-0.2, 0) is 12.0 Å². The molecule has 0 aliphatic carbocycles. The van der Waals surface area contributed by atoms with E-state index in [1.165, 1.54) is 16.7 Å². The van der Waals surface area contributed by atoms with Crippen molar-refractivity contribution in [2.45, 2.75) is 18.4 Å². The molecule has 0 N–H and O–H groups in total. The average molecular weight is 387 g/mol. The molecule has 1 heterocycles. The number of nitrogens with zero attached hydrogens (tertiary/aromatic N) is 2. The summed E-state index contributed by atoms with van der Waals surface area (Å²) in [5.41, 5.74) is 4.18. The number of hydrogen-bond donors (Lipinski definition) is 0. The minimum absolute atomic E-state index is 0.490. The van der Waals surface area contributed by atoms with Crippen LogP contribution in [0.4, 0.5) is 0 Å². The highest BCUT2D eigenvalue weighted by atomic mass is 35.5. The van der Waals surface area contributed by atoms with Crippen molar-refractivity contribution in [3.63, 3.8) is 0 Å². The molecule has 1 aromatic heterocycles. The highest BCUT2D eigenvalue weighted by Gasteiger charge is 2.38. The first kappa shape index (κ1) is 18.5. The lowest BCUT2D eigenvalue weighted by Gasteiger charge is -2.37. The van der Waals surface area contributed by atoms with Crippen molar-refractivity contribution < 1.29 is 0 Å². The zero-order valence-electron chi connectivity index (χ0n) is 15.7. The van der Waals surface area contributed by atoms with Gasteiger partial charge < -0.3 is 4.57 Å². The number of halogens is 1. The van der Waals surface area contributed by atoms with Crippen molar-refractivity contribution in [1.29, 1.82) is 0 Å². The van der Waals surface area contributed by atoms with Gasteiger partial charge in [0.15, 0.2) is 0 Å². The normalized spacial score (nSPS) is 11.5. The quantitative estimate of drug-likeness (QED) is 0.286. The first-order chi connectivity index (χ1) is 13.9. The van der Waals surface area contributed by atoms with Crippen molar-refractivity contribution >= 4 is 11.6 Å². The number of benzene rings is 3. The van der Waals surface area contributed by atoms with Crippen molar-refractivity contribution in [3.05, 3.63) is 126 Å². The van der Waals surface area contributed by atoms with Crippen LogP contribution in [0.15, 0.2) is 104 Å². The summed E-state index contributed by atoms with van der Waals surface area (Å²) < 4.78 is 2.25. The van der Waals surface area contributed by atoms with E-state index in [1.807, 2.05) is 6.33 Å². The second kappa shape index (κ2) is 8.45. The molecule has 4 rings (SSSR count). The number of imidazole rings is 1. The van der Waals surface area contributed by atoms with Crippen molar-refractivity contribution in [1.82, 2.24) is 9.55 Å². The third-order valence-electron chi connectivity index (χ3n) is 5.16. The molecule has 0 fully saturated rings. The molecule has 140 valence electrons. The molecule has 0 saturated heterocycles. The summed E-state index contributed by atoms with van der Waals surface area (Å²) in [6.45, 7) is 0. The van der Waals surface area contributed by atoms with E-state index in [-0.39, 0.29) is 0 Å². The van der Waals surface area contributed by atoms with Crippen LogP contribution in [-0.4, -0.2) is 15.4 Å². The van der Waals surface area contributed by atoms with Gasteiger partial charge in [0.05, 0.1) is 12.0 Å². The molecule has 0 atom stereocenters. The molecule has 0 amide bonds. The van der Waals surface area contributed by atoms with Crippen LogP contribution < -0.4 is 0 Å². The third-order valence-corrected chi connectivity index (χ3v) is 5.43. The van der Waals surface area contributed by atoms with E-state index in [2.05, 4.69) is 102 Å². The van der Waals surface area contributed by atoms with Crippen molar-refractivity contribution in [2.75, 3.05) is 5.88 Å². The molecule has 3 heteroatoms. The van der Waals surface area contributed by atoms with Gasteiger partial charge >= 0.3 is 0 Å². The van der Waals surface area contributed by atoms with E-state index in [0.717, 1.165) is 18.5 Å². The smallest absolute Gasteiger partial charge is 0.121 e. The fraction of sp³-hybridized carbons (Fsp3) is 0.160. The Morgan fingerprint density at radius 1 is 0.714 bits per heavy atom. The highest BCUT2D eigenvalue weighted by molar-refractivity contribution is 6.17. The Hall–Kier alpha value is -2.84. The number of aromatic nitrogens is 2. The summed E-state index contributed by atoms with van der Waals surface area (Å²) in [4.78, 5) is 4.70. The fourth-order valence-corrected chi connectivity index (χ4v) is 4.04. The van der Waals surface area contributed by atoms with Gasteiger partial charge in [-0.2, -0.15) is 0 Å². The van der Waals surface area contributed by atoms with Gasteiger partial charge in [-0.15, -0.1) is 11.6 Å². The van der Waals surface area contributed by atoms with Crippen LogP contribution in [0.1, 0.15) is 28.8 Å². The summed E-state index contributed by atoms with van der Waals surface area (Å²) >= 11 is 5.90. The zero-order chi connectivity index (χ0) is 19.2. The maximum atomic E-state index is 5.90. The molecule has 0 saturated carbocycles. The van der Waals surface area contributed by atoms with Crippen LogP contribution in [0.25, 0.3) is 0 Å². The van der Waals surface area contributed by atoms with Gasteiger partial charge in [0.2, 0.25) is 0 Å². The molecular formula is C25H23ClN2. The van der Waals surface area contributed by atoms with Gasteiger partial charge in [0.25, 0.3) is 0 Å². The SMILES string of the molecule is ClCCCc1cn(C(c2ccccc2)(c2ccccc2)c2ccccc2)cn1. The van der Waals surface area contributed by atoms with Gasteiger partial charge in [-0.1, -0.05) is 91.0 Å². The van der Waals surface area contributed by atoms with E-state index in [1.54, 1.807) is 0 Å².